The van der Waals surface area contributed by atoms with Crippen LogP contribution in [0, 0.1) is 0 Å². The van der Waals surface area contributed by atoms with Crippen LogP contribution in [0.2, 0.25) is 0 Å². The molecule has 1 aromatic rings. The number of para-hydroxylation sites is 1. The summed E-state index contributed by atoms with van der Waals surface area (Å²) in [5, 5.41) is 0. The molecule has 1 heterocycles. The molecule has 5 heteroatoms. The van der Waals surface area contributed by atoms with Gasteiger partial charge in [0.25, 0.3) is 0 Å². The van der Waals surface area contributed by atoms with E-state index in [0.717, 1.165) is 19.7 Å². The van der Waals surface area contributed by atoms with Crippen molar-refractivity contribution in [1.29, 1.82) is 0 Å². The highest BCUT2D eigenvalue weighted by Crippen LogP contribution is 2.16. The Kier molecular flexibility index (Phi) is 7.51. The fourth-order valence-electron chi connectivity index (χ4n) is 1.74. The molecule has 2 rings (SSSR count). The maximum atomic E-state index is 5.59. The number of anilines is 1. The molecule has 0 bridgehead atoms. The average Bonchev–Trinajstić information content (AvgIpc) is 2.30. The largest absolute Gasteiger partial charge is 0.373 e. The lowest BCUT2D eigenvalue weighted by molar-refractivity contribution is 0.0466. The first-order chi connectivity index (χ1) is 6.90. The summed E-state index contributed by atoms with van der Waals surface area (Å²) in [6.07, 6.45) is 0.184. The molecule has 1 fully saturated rings. The average molecular weight is 265 g/mol. The van der Waals surface area contributed by atoms with E-state index in [9.17, 15) is 0 Å². The minimum atomic E-state index is 0. The number of ether oxygens (including phenoxy) is 1. The van der Waals surface area contributed by atoms with Gasteiger partial charge in [-0.25, -0.2) is 0 Å². The van der Waals surface area contributed by atoms with E-state index in [0.29, 0.717) is 6.54 Å². The topological polar surface area (TPSA) is 38.5 Å². The van der Waals surface area contributed by atoms with Crippen LogP contribution >= 0.6 is 24.8 Å². The van der Waals surface area contributed by atoms with Crippen LogP contribution in [-0.4, -0.2) is 32.3 Å². The molecular weight excluding hydrogens is 247 g/mol. The number of halogens is 2. The van der Waals surface area contributed by atoms with Gasteiger partial charge in [-0.2, -0.15) is 0 Å². The Hall–Kier alpha value is -0.480. The van der Waals surface area contributed by atoms with Crippen molar-refractivity contribution in [3.8, 4) is 0 Å². The van der Waals surface area contributed by atoms with E-state index in [1.807, 2.05) is 6.07 Å². The zero-order valence-corrected chi connectivity index (χ0v) is 10.7. The van der Waals surface area contributed by atoms with E-state index in [1.165, 1.54) is 5.69 Å². The minimum absolute atomic E-state index is 0. The Labute approximate surface area is 109 Å². The van der Waals surface area contributed by atoms with Crippen molar-refractivity contribution in [2.45, 2.75) is 6.10 Å². The molecule has 1 saturated heterocycles. The van der Waals surface area contributed by atoms with Gasteiger partial charge in [-0.15, -0.1) is 24.8 Å². The van der Waals surface area contributed by atoms with E-state index in [2.05, 4.69) is 29.2 Å². The first kappa shape index (κ1) is 15.5. The summed E-state index contributed by atoms with van der Waals surface area (Å²) in [6.45, 7) is 3.24. The lowest BCUT2D eigenvalue weighted by Gasteiger charge is -2.33. The SMILES string of the molecule is Cl.Cl.NC[C@H]1CN(c2ccccc2)CCO1. The summed E-state index contributed by atoms with van der Waals surface area (Å²) in [5.41, 5.74) is 6.85. The van der Waals surface area contributed by atoms with Crippen LogP contribution in [0.4, 0.5) is 5.69 Å². The number of nitrogens with two attached hydrogens (primary N) is 1. The third-order valence-electron chi connectivity index (χ3n) is 2.52. The summed E-state index contributed by atoms with van der Waals surface area (Å²) in [4.78, 5) is 2.32. The van der Waals surface area contributed by atoms with Crippen molar-refractivity contribution in [2.75, 3.05) is 31.1 Å². The molecule has 0 unspecified atom stereocenters. The first-order valence-corrected chi connectivity index (χ1v) is 5.02. The molecule has 16 heavy (non-hydrogen) atoms. The predicted molar refractivity (Wildman–Crippen MR) is 71.9 cm³/mol. The van der Waals surface area contributed by atoms with Gasteiger partial charge in [0.1, 0.15) is 0 Å². The lowest BCUT2D eigenvalue weighted by atomic mass is 10.2. The number of rotatable bonds is 2. The van der Waals surface area contributed by atoms with Crippen molar-refractivity contribution >= 4 is 30.5 Å². The Bertz CT molecular complexity index is 285. The van der Waals surface area contributed by atoms with E-state index in [-0.39, 0.29) is 30.9 Å². The smallest absolute Gasteiger partial charge is 0.0872 e. The number of benzene rings is 1. The van der Waals surface area contributed by atoms with E-state index < -0.39 is 0 Å². The fraction of sp³-hybridized carbons (Fsp3) is 0.455. The predicted octanol–water partition coefficient (Wildman–Crippen LogP) is 1.69. The number of nitrogens with zero attached hydrogens (tertiary/aromatic N) is 1. The van der Waals surface area contributed by atoms with Crippen molar-refractivity contribution < 1.29 is 4.74 Å². The van der Waals surface area contributed by atoms with E-state index >= 15 is 0 Å². The second-order valence-corrected chi connectivity index (χ2v) is 3.51. The molecule has 0 saturated carbocycles. The second-order valence-electron chi connectivity index (χ2n) is 3.51. The van der Waals surface area contributed by atoms with Gasteiger partial charge in [0.2, 0.25) is 0 Å². The number of hydrogen-bond acceptors (Lipinski definition) is 3. The van der Waals surface area contributed by atoms with Crippen molar-refractivity contribution in [1.82, 2.24) is 0 Å². The summed E-state index contributed by atoms with van der Waals surface area (Å²) < 4.78 is 5.51. The van der Waals surface area contributed by atoms with Crippen LogP contribution < -0.4 is 10.6 Å². The Morgan fingerprint density at radius 1 is 1.25 bits per heavy atom. The molecule has 1 atom stereocenters. The Morgan fingerprint density at radius 3 is 2.56 bits per heavy atom. The van der Waals surface area contributed by atoms with Gasteiger partial charge in [0.15, 0.2) is 0 Å². The highest BCUT2D eigenvalue weighted by Gasteiger charge is 2.18. The molecule has 0 aromatic heterocycles. The molecule has 0 spiro atoms. The summed E-state index contributed by atoms with van der Waals surface area (Å²) in [5.74, 6) is 0. The zero-order valence-electron chi connectivity index (χ0n) is 9.04. The van der Waals surface area contributed by atoms with Gasteiger partial charge < -0.3 is 15.4 Å². The van der Waals surface area contributed by atoms with Gasteiger partial charge in [-0.3, -0.25) is 0 Å². The van der Waals surface area contributed by atoms with E-state index in [1.54, 1.807) is 0 Å². The van der Waals surface area contributed by atoms with Crippen LogP contribution in [0.25, 0.3) is 0 Å². The quantitative estimate of drug-likeness (QED) is 0.884. The molecular formula is C11H18Cl2N2O. The number of morpholine rings is 1. The molecule has 2 N–H and O–H groups in total. The van der Waals surface area contributed by atoms with Crippen molar-refractivity contribution in [2.24, 2.45) is 5.73 Å². The molecule has 1 aromatic carbocycles. The minimum Gasteiger partial charge on any atom is -0.373 e. The van der Waals surface area contributed by atoms with Crippen molar-refractivity contribution in [3.63, 3.8) is 0 Å². The summed E-state index contributed by atoms with van der Waals surface area (Å²) in [7, 11) is 0. The summed E-state index contributed by atoms with van der Waals surface area (Å²) >= 11 is 0. The lowest BCUT2D eigenvalue weighted by Crippen LogP contribution is -2.45. The van der Waals surface area contributed by atoms with Gasteiger partial charge in [0, 0.05) is 25.3 Å². The first-order valence-electron chi connectivity index (χ1n) is 5.02. The van der Waals surface area contributed by atoms with Crippen LogP contribution in [0.3, 0.4) is 0 Å². The number of hydrogen-bond donors (Lipinski definition) is 1. The van der Waals surface area contributed by atoms with Crippen LogP contribution in [0.15, 0.2) is 30.3 Å². The van der Waals surface area contributed by atoms with Gasteiger partial charge in [0.05, 0.1) is 12.7 Å². The summed E-state index contributed by atoms with van der Waals surface area (Å²) in [6, 6.07) is 10.4. The Balaban J connectivity index is 0.00000112. The second kappa shape index (κ2) is 7.74. The highest BCUT2D eigenvalue weighted by molar-refractivity contribution is 5.85. The molecule has 0 amide bonds. The molecule has 92 valence electrons. The standard InChI is InChI=1S/C11H16N2O.2ClH/c12-8-11-9-13(6-7-14-11)10-4-2-1-3-5-10;;/h1-5,11H,6-9,12H2;2*1H/t11-;;/m0../s1. The Morgan fingerprint density at radius 2 is 1.94 bits per heavy atom. The van der Waals surface area contributed by atoms with Gasteiger partial charge in [-0.05, 0) is 12.1 Å². The van der Waals surface area contributed by atoms with Crippen LogP contribution in [-0.2, 0) is 4.74 Å². The van der Waals surface area contributed by atoms with Crippen molar-refractivity contribution in [3.05, 3.63) is 30.3 Å². The van der Waals surface area contributed by atoms with E-state index in [4.69, 9.17) is 10.5 Å². The maximum absolute atomic E-state index is 5.59. The zero-order chi connectivity index (χ0) is 9.80. The molecule has 0 radical (unpaired) electrons. The monoisotopic (exact) mass is 264 g/mol. The molecule has 1 aliphatic rings. The molecule has 1 aliphatic heterocycles. The normalized spacial score (nSPS) is 19.6. The van der Waals surface area contributed by atoms with Gasteiger partial charge >= 0.3 is 0 Å². The van der Waals surface area contributed by atoms with Crippen LogP contribution in [0.1, 0.15) is 0 Å². The molecule has 3 nitrogen and oxygen atoms in total. The third kappa shape index (κ3) is 3.83. The third-order valence-corrected chi connectivity index (χ3v) is 2.52. The van der Waals surface area contributed by atoms with Gasteiger partial charge in [-0.1, -0.05) is 18.2 Å². The highest BCUT2D eigenvalue weighted by atomic mass is 35.5. The maximum Gasteiger partial charge on any atom is 0.0872 e. The van der Waals surface area contributed by atoms with Crippen LogP contribution in [0.5, 0.6) is 0 Å². The fourth-order valence-corrected chi connectivity index (χ4v) is 1.74. The molecule has 0 aliphatic carbocycles.